The molecule has 2 aromatic carbocycles. The number of carbonyl (C=O) groups excluding carboxylic acids is 1. The number of fused-ring (bicyclic) bond motifs is 1. The topological polar surface area (TPSA) is 109 Å². The molecule has 1 heterocycles. The smallest absolute Gasteiger partial charge is 0.324 e. The molecule has 0 aromatic heterocycles. The highest BCUT2D eigenvalue weighted by Crippen LogP contribution is 2.44. The van der Waals surface area contributed by atoms with E-state index in [1.807, 2.05) is 4.90 Å². The van der Waals surface area contributed by atoms with E-state index in [9.17, 15) is 9.18 Å². The third-order valence-electron chi connectivity index (χ3n) is 4.99. The molecule has 1 aliphatic heterocycles. The number of amides is 2. The fourth-order valence-electron chi connectivity index (χ4n) is 3.54. The number of alkyl halides is 2. The maximum absolute atomic E-state index is 13.8. The van der Waals surface area contributed by atoms with Gasteiger partial charge in [0.1, 0.15) is 17.9 Å². The average Bonchev–Trinajstić information content (AvgIpc) is 2.76. The number of halogens is 4. The predicted molar refractivity (Wildman–Crippen MR) is 128 cm³/mol. The van der Waals surface area contributed by atoms with E-state index in [-0.39, 0.29) is 16.8 Å². The van der Waals surface area contributed by atoms with Crippen molar-refractivity contribution in [3.8, 4) is 5.75 Å². The summed E-state index contributed by atoms with van der Waals surface area (Å²) in [6.07, 6.45) is 1.30. The number of primary amides is 1. The number of benzene rings is 2. The van der Waals surface area contributed by atoms with E-state index < -0.39 is 17.6 Å². The van der Waals surface area contributed by atoms with Crippen molar-refractivity contribution >= 4 is 64.2 Å². The van der Waals surface area contributed by atoms with Crippen LogP contribution in [0.1, 0.15) is 5.56 Å². The van der Waals surface area contributed by atoms with Gasteiger partial charge in [0, 0.05) is 42.2 Å². The van der Waals surface area contributed by atoms with Crippen LogP contribution in [0, 0.1) is 5.82 Å². The molecule has 0 bridgehead atoms. The van der Waals surface area contributed by atoms with Gasteiger partial charge in [-0.05, 0) is 24.3 Å². The number of nitrogens with one attached hydrogen (secondary N) is 1. The van der Waals surface area contributed by atoms with Crippen LogP contribution in [0.3, 0.4) is 0 Å². The Bertz CT molecular complexity index is 1030. The first-order valence-electron chi connectivity index (χ1n) is 9.49. The summed E-state index contributed by atoms with van der Waals surface area (Å²) in [7, 11) is 1.46. The number of anilines is 3. The van der Waals surface area contributed by atoms with E-state index in [1.165, 1.54) is 36.5 Å². The Hall–Kier alpha value is -2.46. The molecule has 0 aliphatic carbocycles. The molecule has 172 valence electrons. The quantitative estimate of drug-likeness (QED) is 0.287. The summed E-state index contributed by atoms with van der Waals surface area (Å²) < 4.78 is 19.1. The van der Waals surface area contributed by atoms with Crippen molar-refractivity contribution in [2.75, 3.05) is 47.9 Å². The zero-order valence-electron chi connectivity index (χ0n) is 17.1. The van der Waals surface area contributed by atoms with Crippen molar-refractivity contribution in [2.45, 2.75) is 5.79 Å². The third-order valence-corrected chi connectivity index (χ3v) is 5.61. The molecule has 0 radical (unpaired) electrons. The number of rotatable bonds is 8. The lowest BCUT2D eigenvalue weighted by Gasteiger charge is -2.45. The number of nitrogen functional groups attached to an aromatic ring is 1. The van der Waals surface area contributed by atoms with E-state index in [2.05, 4.69) is 10.3 Å². The second kappa shape index (κ2) is 9.99. The lowest BCUT2D eigenvalue weighted by Crippen LogP contribution is -2.55. The van der Waals surface area contributed by atoms with Crippen molar-refractivity contribution in [1.82, 2.24) is 4.90 Å². The molecule has 2 amide bonds. The zero-order chi connectivity index (χ0) is 23.5. The van der Waals surface area contributed by atoms with Gasteiger partial charge < -0.3 is 21.5 Å². The van der Waals surface area contributed by atoms with Crippen LogP contribution in [0.15, 0.2) is 35.3 Å². The second-order valence-electron chi connectivity index (χ2n) is 6.86. The lowest BCUT2D eigenvalue weighted by molar-refractivity contribution is 0.135. The summed E-state index contributed by atoms with van der Waals surface area (Å²) >= 11 is 18.2. The number of nitrogens with two attached hydrogens (primary N) is 2. The van der Waals surface area contributed by atoms with Gasteiger partial charge in [-0.25, -0.2) is 14.2 Å². The van der Waals surface area contributed by atoms with Gasteiger partial charge in [0.15, 0.2) is 0 Å². The van der Waals surface area contributed by atoms with E-state index in [4.69, 9.17) is 51.0 Å². The Morgan fingerprint density at radius 1 is 1.28 bits per heavy atom. The molecule has 2 aromatic rings. The molecule has 32 heavy (non-hydrogen) atoms. The zero-order valence-corrected chi connectivity index (χ0v) is 19.4. The fraction of sp³-hybridized carbons (Fsp3) is 0.300. The fourth-order valence-corrected chi connectivity index (χ4v) is 4.12. The molecule has 0 spiro atoms. The highest BCUT2D eigenvalue weighted by Gasteiger charge is 2.44. The third kappa shape index (κ3) is 4.52. The Labute approximate surface area is 199 Å². The van der Waals surface area contributed by atoms with Gasteiger partial charge in [0.05, 0.1) is 23.5 Å². The van der Waals surface area contributed by atoms with Crippen LogP contribution >= 0.6 is 34.8 Å². The summed E-state index contributed by atoms with van der Waals surface area (Å²) in [4.78, 5) is 19.8. The summed E-state index contributed by atoms with van der Waals surface area (Å²) in [5.74, 6) is -0.996. The number of urea groups is 1. The van der Waals surface area contributed by atoms with Crippen LogP contribution in [0.5, 0.6) is 5.75 Å². The minimum absolute atomic E-state index is 0.0700. The summed E-state index contributed by atoms with van der Waals surface area (Å²) in [6, 6.07) is 6.66. The first-order valence-corrected chi connectivity index (χ1v) is 10.9. The number of hydrogen-bond donors (Lipinski definition) is 3. The van der Waals surface area contributed by atoms with E-state index in [1.54, 1.807) is 12.1 Å². The Morgan fingerprint density at radius 3 is 2.53 bits per heavy atom. The number of ether oxygens (including phenoxy) is 1. The van der Waals surface area contributed by atoms with Crippen LogP contribution in [0.2, 0.25) is 5.02 Å². The van der Waals surface area contributed by atoms with Crippen LogP contribution in [-0.4, -0.2) is 49.2 Å². The molecule has 3 rings (SSSR count). The summed E-state index contributed by atoms with van der Waals surface area (Å²) in [6.45, 7) is 0.741. The highest BCUT2D eigenvalue weighted by molar-refractivity contribution is 6.31. The molecule has 1 aliphatic rings. The number of nitrogens with zero attached hydrogens (tertiary/aromatic N) is 3. The minimum Gasteiger partial charge on any atom is -0.495 e. The van der Waals surface area contributed by atoms with Crippen molar-refractivity contribution in [3.63, 3.8) is 0 Å². The van der Waals surface area contributed by atoms with Crippen LogP contribution in [0.25, 0.3) is 0 Å². The van der Waals surface area contributed by atoms with Crippen molar-refractivity contribution in [2.24, 2.45) is 10.7 Å². The molecule has 0 fully saturated rings. The molecule has 12 heteroatoms. The van der Waals surface area contributed by atoms with Gasteiger partial charge in [-0.1, -0.05) is 11.6 Å². The monoisotopic (exact) mass is 502 g/mol. The normalized spacial score (nSPS) is 17.4. The van der Waals surface area contributed by atoms with Gasteiger partial charge in [0.25, 0.3) is 0 Å². The van der Waals surface area contributed by atoms with E-state index in [0.717, 1.165) is 0 Å². The highest BCUT2D eigenvalue weighted by atomic mass is 35.5. The maximum Gasteiger partial charge on any atom is 0.324 e. The summed E-state index contributed by atoms with van der Waals surface area (Å²) in [5, 5.41) is 3.23. The molecule has 0 saturated carbocycles. The standard InChI is InChI=1S/C20H22Cl3FN6O2/c1-32-18-10-17-13(9-16(18)25)20(27-11-30(17)19(26)31,29(6-4-21)7-5-22)28-12-2-3-15(24)14(23)8-12/h2-3,8-11,28H,4-7,25H2,1H3,(H2,26,31). The first-order chi connectivity index (χ1) is 15.3. The number of hydrogen-bond acceptors (Lipinski definition) is 6. The molecular formula is C20H22Cl3FN6O2. The van der Waals surface area contributed by atoms with E-state index >= 15 is 0 Å². The first kappa shape index (κ1) is 24.2. The van der Waals surface area contributed by atoms with Gasteiger partial charge in [0.2, 0.25) is 5.79 Å². The molecular weight excluding hydrogens is 482 g/mol. The van der Waals surface area contributed by atoms with Crippen LogP contribution < -0.4 is 26.4 Å². The largest absolute Gasteiger partial charge is 0.495 e. The number of aliphatic imine (C=N–C) groups is 1. The second-order valence-corrected chi connectivity index (χ2v) is 8.02. The summed E-state index contributed by atoms with van der Waals surface area (Å²) in [5.41, 5.74) is 13.4. The molecule has 0 saturated heterocycles. The molecule has 5 N–H and O–H groups in total. The van der Waals surface area contributed by atoms with Crippen molar-refractivity contribution in [3.05, 3.63) is 46.7 Å². The Balaban J connectivity index is 2.28. The lowest BCUT2D eigenvalue weighted by atomic mass is 9.99. The van der Waals surface area contributed by atoms with E-state index in [0.29, 0.717) is 41.5 Å². The van der Waals surface area contributed by atoms with Gasteiger partial charge in [-0.15, -0.1) is 23.2 Å². The van der Waals surface area contributed by atoms with Crippen molar-refractivity contribution < 1.29 is 13.9 Å². The minimum atomic E-state index is -1.31. The Kier molecular flexibility index (Phi) is 7.55. The van der Waals surface area contributed by atoms with Gasteiger partial charge in [-0.3, -0.25) is 9.80 Å². The van der Waals surface area contributed by atoms with Crippen molar-refractivity contribution in [1.29, 1.82) is 0 Å². The Morgan fingerprint density at radius 2 is 1.97 bits per heavy atom. The maximum atomic E-state index is 13.8. The van der Waals surface area contributed by atoms with Crippen LogP contribution in [0.4, 0.5) is 26.2 Å². The van der Waals surface area contributed by atoms with Crippen LogP contribution in [-0.2, 0) is 5.79 Å². The number of methoxy groups -OCH3 is 1. The van der Waals surface area contributed by atoms with Gasteiger partial charge >= 0.3 is 6.03 Å². The molecule has 1 atom stereocenters. The van der Waals surface area contributed by atoms with Gasteiger partial charge in [-0.2, -0.15) is 0 Å². The average molecular weight is 504 g/mol. The number of carbonyl (C=O) groups is 1. The predicted octanol–water partition coefficient (Wildman–Crippen LogP) is 4.00. The molecule has 8 nitrogen and oxygen atoms in total. The molecule has 1 unspecified atom stereocenters. The SMILES string of the molecule is COc1cc2c(cc1N)C(Nc1ccc(F)c(Cl)c1)(N(CCCl)CCCl)N=CN2C(N)=O.